The number of rotatable bonds is 8. The van der Waals surface area contributed by atoms with Crippen molar-refractivity contribution in [1.29, 1.82) is 0 Å². The molecule has 10 heteroatoms. The zero-order valence-electron chi connectivity index (χ0n) is 16.4. The molecular weight excluding hydrogens is 447 g/mol. The van der Waals surface area contributed by atoms with Gasteiger partial charge in [0.1, 0.15) is 0 Å². The zero-order chi connectivity index (χ0) is 22.5. The maximum Gasteiger partial charge on any atom is 0.338 e. The third-order valence-corrected chi connectivity index (χ3v) is 5.21. The van der Waals surface area contributed by atoms with Crippen LogP contribution in [0.1, 0.15) is 37.5 Å². The van der Waals surface area contributed by atoms with Crippen LogP contribution >= 0.6 is 23.2 Å². The summed E-state index contributed by atoms with van der Waals surface area (Å²) in [4.78, 5) is 50.4. The number of carbonyl (C=O) groups excluding carboxylic acids is 4. The summed E-state index contributed by atoms with van der Waals surface area (Å²) in [6, 6.07) is 8.61. The predicted octanol–water partition coefficient (Wildman–Crippen LogP) is 3.42. The Morgan fingerprint density at radius 2 is 1.74 bits per heavy atom. The molecule has 162 valence electrons. The maximum absolute atomic E-state index is 12.5. The molecule has 1 heterocycles. The van der Waals surface area contributed by atoms with Crippen molar-refractivity contribution in [3.8, 4) is 0 Å². The zero-order valence-corrected chi connectivity index (χ0v) is 18.0. The van der Waals surface area contributed by atoms with E-state index in [9.17, 15) is 19.2 Å². The quantitative estimate of drug-likeness (QED) is 0.364. The summed E-state index contributed by atoms with van der Waals surface area (Å²) in [6.45, 7) is 0.0797. The third kappa shape index (κ3) is 5.22. The Morgan fingerprint density at radius 3 is 2.45 bits per heavy atom. The van der Waals surface area contributed by atoms with Gasteiger partial charge in [0.05, 0.1) is 26.7 Å². The molecule has 8 nitrogen and oxygen atoms in total. The summed E-state index contributed by atoms with van der Waals surface area (Å²) in [5.41, 5.74) is 0.792. The van der Waals surface area contributed by atoms with E-state index in [1.807, 2.05) is 0 Å². The number of ether oxygens (including phenoxy) is 2. The summed E-state index contributed by atoms with van der Waals surface area (Å²) in [7, 11) is 1.53. The molecule has 1 aliphatic heterocycles. The second kappa shape index (κ2) is 9.91. The molecule has 0 spiro atoms. The van der Waals surface area contributed by atoms with Gasteiger partial charge in [-0.1, -0.05) is 23.2 Å². The third-order valence-electron chi connectivity index (χ3n) is 4.47. The average molecular weight is 465 g/mol. The van der Waals surface area contributed by atoms with Crippen LogP contribution in [-0.4, -0.2) is 55.5 Å². The highest BCUT2D eigenvalue weighted by atomic mass is 35.5. The van der Waals surface area contributed by atoms with Gasteiger partial charge in [-0.3, -0.25) is 19.3 Å². The minimum atomic E-state index is -0.801. The number of imide groups is 1. The van der Waals surface area contributed by atoms with Crippen molar-refractivity contribution in [3.05, 3.63) is 63.1 Å². The molecule has 3 rings (SSSR count). The summed E-state index contributed by atoms with van der Waals surface area (Å²) in [5.74, 6) is -2.28. The highest BCUT2D eigenvalue weighted by molar-refractivity contribution is 6.42. The monoisotopic (exact) mass is 464 g/mol. The fourth-order valence-electron chi connectivity index (χ4n) is 2.97. The van der Waals surface area contributed by atoms with Crippen LogP contribution in [0, 0.1) is 0 Å². The number of methoxy groups -OCH3 is 1. The van der Waals surface area contributed by atoms with Gasteiger partial charge in [0, 0.05) is 25.9 Å². The normalized spacial score (nSPS) is 12.7. The van der Waals surface area contributed by atoms with Gasteiger partial charge in [-0.25, -0.2) is 4.79 Å². The molecule has 0 saturated carbocycles. The Morgan fingerprint density at radius 1 is 1.00 bits per heavy atom. The summed E-state index contributed by atoms with van der Waals surface area (Å²) < 4.78 is 9.95. The van der Waals surface area contributed by atoms with E-state index >= 15 is 0 Å². The topological polar surface area (TPSA) is 102 Å². The molecule has 0 aromatic heterocycles. The van der Waals surface area contributed by atoms with Crippen molar-refractivity contribution in [2.75, 3.05) is 32.2 Å². The lowest BCUT2D eigenvalue weighted by Crippen LogP contribution is -2.31. The van der Waals surface area contributed by atoms with Crippen molar-refractivity contribution in [3.63, 3.8) is 0 Å². The van der Waals surface area contributed by atoms with E-state index in [1.165, 1.54) is 37.4 Å². The van der Waals surface area contributed by atoms with E-state index in [1.54, 1.807) is 6.07 Å². The standard InChI is InChI=1S/C21H18Cl2N2O6/c1-30-8-2-7-25-19(27)14-5-3-12(9-15(14)20(25)28)21(29)31-11-18(26)24-13-4-6-16(22)17(23)10-13/h3-6,9-10H,2,7-8,11H2,1H3,(H,24,26). The molecule has 3 amide bonds. The molecule has 2 aromatic rings. The predicted molar refractivity (Wildman–Crippen MR) is 114 cm³/mol. The maximum atomic E-state index is 12.5. The van der Waals surface area contributed by atoms with Gasteiger partial charge in [0.15, 0.2) is 6.61 Å². The fourth-order valence-corrected chi connectivity index (χ4v) is 3.27. The van der Waals surface area contributed by atoms with E-state index in [2.05, 4.69) is 5.32 Å². The first kappa shape index (κ1) is 22.7. The molecule has 0 aliphatic carbocycles. The number of fused-ring (bicyclic) bond motifs is 1. The number of hydrogen-bond donors (Lipinski definition) is 1. The highest BCUT2D eigenvalue weighted by Crippen LogP contribution is 2.26. The van der Waals surface area contributed by atoms with Gasteiger partial charge >= 0.3 is 5.97 Å². The lowest BCUT2D eigenvalue weighted by atomic mass is 10.1. The first-order valence-electron chi connectivity index (χ1n) is 9.23. The number of hydrogen-bond acceptors (Lipinski definition) is 6. The lowest BCUT2D eigenvalue weighted by molar-refractivity contribution is -0.119. The Labute approximate surface area is 188 Å². The Balaban J connectivity index is 1.61. The molecule has 1 N–H and O–H groups in total. The van der Waals surface area contributed by atoms with Gasteiger partial charge in [0.2, 0.25) is 0 Å². The first-order valence-corrected chi connectivity index (χ1v) is 9.98. The van der Waals surface area contributed by atoms with E-state index < -0.39 is 30.3 Å². The van der Waals surface area contributed by atoms with Crippen LogP contribution in [0.2, 0.25) is 10.0 Å². The van der Waals surface area contributed by atoms with E-state index in [0.717, 1.165) is 4.90 Å². The van der Waals surface area contributed by atoms with Crippen LogP contribution in [0.5, 0.6) is 0 Å². The summed E-state index contributed by atoms with van der Waals surface area (Å²) >= 11 is 11.7. The molecule has 0 saturated heterocycles. The Hall–Kier alpha value is -2.94. The number of anilines is 1. The molecule has 0 unspecified atom stereocenters. The van der Waals surface area contributed by atoms with Crippen molar-refractivity contribution in [2.45, 2.75) is 6.42 Å². The molecule has 2 aromatic carbocycles. The van der Waals surface area contributed by atoms with Gasteiger partial charge in [0.25, 0.3) is 17.7 Å². The lowest BCUT2D eigenvalue weighted by Gasteiger charge is -2.12. The SMILES string of the molecule is COCCCN1C(=O)c2ccc(C(=O)OCC(=O)Nc3ccc(Cl)c(Cl)c3)cc2C1=O. The molecule has 0 fully saturated rings. The molecule has 0 bridgehead atoms. The largest absolute Gasteiger partial charge is 0.452 e. The molecular formula is C21H18Cl2N2O6. The average Bonchev–Trinajstić information content (AvgIpc) is 2.99. The van der Waals surface area contributed by atoms with Gasteiger partial charge in [-0.15, -0.1) is 0 Å². The van der Waals surface area contributed by atoms with Crippen LogP contribution in [-0.2, 0) is 14.3 Å². The Kier molecular flexibility index (Phi) is 7.27. The van der Waals surface area contributed by atoms with Gasteiger partial charge < -0.3 is 14.8 Å². The number of nitrogens with one attached hydrogen (secondary N) is 1. The number of esters is 1. The van der Waals surface area contributed by atoms with Crippen molar-refractivity contribution in [1.82, 2.24) is 4.90 Å². The summed E-state index contributed by atoms with van der Waals surface area (Å²) in [6.07, 6.45) is 0.505. The van der Waals surface area contributed by atoms with Gasteiger partial charge in [-0.05, 0) is 42.8 Å². The van der Waals surface area contributed by atoms with Gasteiger partial charge in [-0.2, -0.15) is 0 Å². The van der Waals surface area contributed by atoms with Crippen molar-refractivity contribution in [2.24, 2.45) is 0 Å². The second-order valence-corrected chi connectivity index (χ2v) is 7.44. The van der Waals surface area contributed by atoms with Crippen molar-refractivity contribution < 1.29 is 28.7 Å². The Bertz CT molecular complexity index is 1060. The smallest absolute Gasteiger partial charge is 0.338 e. The van der Waals surface area contributed by atoms with E-state index in [-0.39, 0.29) is 28.3 Å². The van der Waals surface area contributed by atoms with Crippen LogP contribution in [0.3, 0.4) is 0 Å². The molecule has 0 atom stereocenters. The minimum absolute atomic E-state index is 0.0565. The fraction of sp³-hybridized carbons (Fsp3) is 0.238. The number of halogens is 2. The van der Waals surface area contributed by atoms with Crippen LogP contribution in [0.15, 0.2) is 36.4 Å². The molecule has 0 radical (unpaired) electrons. The van der Waals surface area contributed by atoms with Crippen molar-refractivity contribution >= 4 is 52.6 Å². The van der Waals surface area contributed by atoms with E-state index in [4.69, 9.17) is 32.7 Å². The number of benzene rings is 2. The number of nitrogens with zero attached hydrogens (tertiary/aromatic N) is 1. The molecule has 31 heavy (non-hydrogen) atoms. The van der Waals surface area contributed by atoms with Crippen LogP contribution < -0.4 is 5.32 Å². The molecule has 1 aliphatic rings. The number of amides is 3. The minimum Gasteiger partial charge on any atom is -0.452 e. The second-order valence-electron chi connectivity index (χ2n) is 6.62. The van der Waals surface area contributed by atoms with Crippen LogP contribution in [0.4, 0.5) is 5.69 Å². The highest BCUT2D eigenvalue weighted by Gasteiger charge is 2.35. The van der Waals surface area contributed by atoms with Crippen LogP contribution in [0.25, 0.3) is 0 Å². The first-order chi connectivity index (χ1) is 14.8. The summed E-state index contributed by atoms with van der Waals surface area (Å²) in [5, 5.41) is 3.14. The number of carbonyl (C=O) groups is 4. The van der Waals surface area contributed by atoms with E-state index in [0.29, 0.717) is 23.7 Å².